The summed E-state index contributed by atoms with van der Waals surface area (Å²) in [6.07, 6.45) is 0.577. The third-order valence-corrected chi connectivity index (χ3v) is 4.00. The van der Waals surface area contributed by atoms with Crippen LogP contribution in [0.3, 0.4) is 0 Å². The number of hydrogen-bond donors (Lipinski definition) is 2. The Labute approximate surface area is 153 Å². The van der Waals surface area contributed by atoms with Crippen LogP contribution in [-0.4, -0.2) is 32.6 Å². The van der Waals surface area contributed by atoms with Crippen molar-refractivity contribution in [2.75, 3.05) is 20.8 Å². The number of ether oxygens (including phenoxy) is 2. The monoisotopic (exact) mass is 356 g/mol. The quantitative estimate of drug-likeness (QED) is 0.746. The van der Waals surface area contributed by atoms with Crippen molar-refractivity contribution in [3.05, 3.63) is 59.7 Å². The van der Waals surface area contributed by atoms with Crippen molar-refractivity contribution in [2.45, 2.75) is 19.4 Å². The number of methoxy groups -OCH3 is 2. The molecule has 0 aliphatic heterocycles. The standard InChI is InChI=1S/C20H24N2O4/c1-14(16-7-5-4-6-8-16)22-20(24)19(23)21-12-11-15-9-10-17(25-2)18(13-15)26-3/h4-10,13-14H,11-12H2,1-3H3,(H,21,23)(H,22,24). The molecule has 2 rings (SSSR count). The highest BCUT2D eigenvalue weighted by molar-refractivity contribution is 6.35. The van der Waals surface area contributed by atoms with E-state index in [1.54, 1.807) is 14.2 Å². The van der Waals surface area contributed by atoms with Crippen molar-refractivity contribution in [1.29, 1.82) is 0 Å². The largest absolute Gasteiger partial charge is 0.493 e. The molecule has 26 heavy (non-hydrogen) atoms. The summed E-state index contributed by atoms with van der Waals surface area (Å²) in [4.78, 5) is 23.9. The lowest BCUT2D eigenvalue weighted by molar-refractivity contribution is -0.139. The maximum atomic E-state index is 12.0. The summed E-state index contributed by atoms with van der Waals surface area (Å²) in [6, 6.07) is 14.8. The van der Waals surface area contributed by atoms with Gasteiger partial charge in [0.15, 0.2) is 11.5 Å². The molecule has 0 aliphatic rings. The second kappa shape index (κ2) is 9.46. The van der Waals surface area contributed by atoms with Crippen LogP contribution in [-0.2, 0) is 16.0 Å². The molecule has 2 aromatic carbocycles. The molecule has 6 heteroatoms. The van der Waals surface area contributed by atoms with Gasteiger partial charge in [-0.25, -0.2) is 0 Å². The maximum Gasteiger partial charge on any atom is 0.309 e. The highest BCUT2D eigenvalue weighted by Crippen LogP contribution is 2.27. The van der Waals surface area contributed by atoms with Crippen molar-refractivity contribution >= 4 is 11.8 Å². The summed E-state index contributed by atoms with van der Waals surface area (Å²) in [6.45, 7) is 2.19. The molecule has 2 N–H and O–H groups in total. The first kappa shape index (κ1) is 19.3. The highest BCUT2D eigenvalue weighted by Gasteiger charge is 2.16. The number of carbonyl (C=O) groups excluding carboxylic acids is 2. The number of amides is 2. The zero-order valence-corrected chi connectivity index (χ0v) is 15.2. The molecule has 0 aromatic heterocycles. The molecule has 138 valence electrons. The normalized spacial score (nSPS) is 11.3. The summed E-state index contributed by atoms with van der Waals surface area (Å²) < 4.78 is 10.4. The molecule has 0 bridgehead atoms. The molecule has 6 nitrogen and oxygen atoms in total. The van der Waals surface area contributed by atoms with E-state index in [1.165, 1.54) is 0 Å². The Morgan fingerprint density at radius 3 is 2.31 bits per heavy atom. The summed E-state index contributed by atoms with van der Waals surface area (Å²) in [5.74, 6) is -0.0118. The molecule has 2 amide bonds. The molecule has 1 unspecified atom stereocenters. The zero-order chi connectivity index (χ0) is 18.9. The van der Waals surface area contributed by atoms with Gasteiger partial charge in [-0.3, -0.25) is 9.59 Å². The fourth-order valence-electron chi connectivity index (χ4n) is 2.52. The van der Waals surface area contributed by atoms with Gasteiger partial charge in [0.25, 0.3) is 0 Å². The third kappa shape index (κ3) is 5.24. The van der Waals surface area contributed by atoms with E-state index >= 15 is 0 Å². The van der Waals surface area contributed by atoms with Gasteiger partial charge in [-0.05, 0) is 36.6 Å². The van der Waals surface area contributed by atoms with Crippen molar-refractivity contribution in [2.24, 2.45) is 0 Å². The number of rotatable bonds is 7. The van der Waals surface area contributed by atoms with Crippen LogP contribution in [0.15, 0.2) is 48.5 Å². The Morgan fingerprint density at radius 2 is 1.65 bits per heavy atom. The van der Waals surface area contributed by atoms with Gasteiger partial charge < -0.3 is 20.1 Å². The molecule has 0 saturated carbocycles. The van der Waals surface area contributed by atoms with Crippen LogP contribution in [0.2, 0.25) is 0 Å². The van der Waals surface area contributed by atoms with Gasteiger partial charge in [-0.2, -0.15) is 0 Å². The predicted octanol–water partition coefficient (Wildman–Crippen LogP) is 2.24. The van der Waals surface area contributed by atoms with Crippen molar-refractivity contribution in [3.8, 4) is 11.5 Å². The average molecular weight is 356 g/mol. The average Bonchev–Trinajstić information content (AvgIpc) is 2.68. The first-order chi connectivity index (χ1) is 12.5. The molecule has 0 saturated heterocycles. The van der Waals surface area contributed by atoms with E-state index in [9.17, 15) is 9.59 Å². The minimum atomic E-state index is -0.645. The Morgan fingerprint density at radius 1 is 0.962 bits per heavy atom. The van der Waals surface area contributed by atoms with E-state index in [2.05, 4.69) is 10.6 Å². The zero-order valence-electron chi connectivity index (χ0n) is 15.2. The lowest BCUT2D eigenvalue weighted by atomic mass is 10.1. The van der Waals surface area contributed by atoms with Crippen LogP contribution in [0.4, 0.5) is 0 Å². The van der Waals surface area contributed by atoms with E-state index in [4.69, 9.17) is 9.47 Å². The van der Waals surface area contributed by atoms with Crippen LogP contribution < -0.4 is 20.1 Å². The molecule has 0 heterocycles. The van der Waals surface area contributed by atoms with E-state index in [0.29, 0.717) is 24.5 Å². The predicted molar refractivity (Wildman–Crippen MR) is 99.3 cm³/mol. The second-order valence-corrected chi connectivity index (χ2v) is 5.80. The third-order valence-electron chi connectivity index (χ3n) is 4.00. The lowest BCUT2D eigenvalue weighted by Crippen LogP contribution is -2.41. The molecule has 0 aliphatic carbocycles. The van der Waals surface area contributed by atoms with Gasteiger partial charge in [0.05, 0.1) is 20.3 Å². The summed E-state index contributed by atoms with van der Waals surface area (Å²) >= 11 is 0. The smallest absolute Gasteiger partial charge is 0.309 e. The Kier molecular flexibility index (Phi) is 7.02. The molecule has 1 atom stereocenters. The molecule has 0 spiro atoms. The van der Waals surface area contributed by atoms with Crippen molar-refractivity contribution in [3.63, 3.8) is 0 Å². The molecular formula is C20H24N2O4. The maximum absolute atomic E-state index is 12.0. The van der Waals surface area contributed by atoms with Crippen LogP contribution >= 0.6 is 0 Å². The van der Waals surface area contributed by atoms with Gasteiger partial charge in [-0.15, -0.1) is 0 Å². The fraction of sp³-hybridized carbons (Fsp3) is 0.300. The van der Waals surface area contributed by atoms with Crippen molar-refractivity contribution < 1.29 is 19.1 Å². The van der Waals surface area contributed by atoms with E-state index in [1.807, 2.05) is 55.5 Å². The highest BCUT2D eigenvalue weighted by atomic mass is 16.5. The first-order valence-electron chi connectivity index (χ1n) is 8.39. The van der Waals surface area contributed by atoms with E-state index < -0.39 is 11.8 Å². The summed E-state index contributed by atoms with van der Waals surface area (Å²) in [7, 11) is 3.15. The van der Waals surface area contributed by atoms with Gasteiger partial charge in [0, 0.05) is 6.54 Å². The summed E-state index contributed by atoms with van der Waals surface area (Å²) in [5, 5.41) is 5.32. The van der Waals surface area contributed by atoms with Gasteiger partial charge in [0.1, 0.15) is 0 Å². The van der Waals surface area contributed by atoms with Gasteiger partial charge in [0.2, 0.25) is 0 Å². The van der Waals surface area contributed by atoms with Crippen LogP contribution in [0.1, 0.15) is 24.1 Å². The Hall–Kier alpha value is -3.02. The Bertz CT molecular complexity index is 747. The topological polar surface area (TPSA) is 76.7 Å². The van der Waals surface area contributed by atoms with Gasteiger partial charge >= 0.3 is 11.8 Å². The molecule has 0 fully saturated rings. The lowest BCUT2D eigenvalue weighted by Gasteiger charge is -2.14. The SMILES string of the molecule is COc1ccc(CCNC(=O)C(=O)NC(C)c2ccccc2)cc1OC. The van der Waals surface area contributed by atoms with Crippen LogP contribution in [0, 0.1) is 0 Å². The van der Waals surface area contributed by atoms with Crippen molar-refractivity contribution in [1.82, 2.24) is 10.6 Å². The summed E-state index contributed by atoms with van der Waals surface area (Å²) in [5.41, 5.74) is 1.92. The van der Waals surface area contributed by atoms with Crippen LogP contribution in [0.25, 0.3) is 0 Å². The minimum absolute atomic E-state index is 0.236. The molecule has 0 radical (unpaired) electrons. The molecule has 2 aromatic rings. The number of carbonyl (C=O) groups is 2. The number of benzene rings is 2. The Balaban J connectivity index is 1.82. The fourth-order valence-corrected chi connectivity index (χ4v) is 2.52. The minimum Gasteiger partial charge on any atom is -0.493 e. The first-order valence-corrected chi connectivity index (χ1v) is 8.39. The van der Waals surface area contributed by atoms with Crippen LogP contribution in [0.5, 0.6) is 11.5 Å². The second-order valence-electron chi connectivity index (χ2n) is 5.80. The van der Waals surface area contributed by atoms with E-state index in [0.717, 1.165) is 11.1 Å². The van der Waals surface area contributed by atoms with Gasteiger partial charge in [-0.1, -0.05) is 36.4 Å². The van der Waals surface area contributed by atoms with E-state index in [-0.39, 0.29) is 6.04 Å². The number of nitrogens with one attached hydrogen (secondary N) is 2. The molecular weight excluding hydrogens is 332 g/mol. The number of hydrogen-bond acceptors (Lipinski definition) is 4.